The van der Waals surface area contributed by atoms with Crippen molar-refractivity contribution < 1.29 is 14.3 Å². The van der Waals surface area contributed by atoms with Crippen LogP contribution in [0.15, 0.2) is 53.0 Å². The lowest BCUT2D eigenvalue weighted by Gasteiger charge is -2.22. The Bertz CT molecular complexity index is 763. The Morgan fingerprint density at radius 3 is 2.42 bits per heavy atom. The Labute approximate surface area is 162 Å². The molecule has 2 aromatic carbocycles. The molecular formula is C20H23BrN2O3. The molecule has 1 atom stereocenters. The van der Waals surface area contributed by atoms with Gasteiger partial charge in [0.05, 0.1) is 0 Å². The standard InChI is InChI=1S/C20H23BrN2O3/c1-13(2)19(20(25)22-15-9-10-17(21)14(3)11-15)23-18(24)12-26-16-7-5-4-6-8-16/h4-11,13,19H,12H2,1-3H3,(H,22,25)(H,23,24). The summed E-state index contributed by atoms with van der Waals surface area (Å²) >= 11 is 3.43. The molecule has 0 fully saturated rings. The fraction of sp³-hybridized carbons (Fsp3) is 0.300. The summed E-state index contributed by atoms with van der Waals surface area (Å²) in [7, 11) is 0. The molecule has 0 heterocycles. The minimum absolute atomic E-state index is 0.0628. The van der Waals surface area contributed by atoms with Crippen molar-refractivity contribution in [3.8, 4) is 5.75 Å². The molecule has 6 heteroatoms. The third-order valence-corrected chi connectivity index (χ3v) is 4.69. The number of hydrogen-bond donors (Lipinski definition) is 2. The van der Waals surface area contributed by atoms with E-state index in [-0.39, 0.29) is 24.3 Å². The molecule has 0 spiro atoms. The summed E-state index contributed by atoms with van der Waals surface area (Å²) < 4.78 is 6.40. The molecule has 0 saturated heterocycles. The molecule has 26 heavy (non-hydrogen) atoms. The lowest BCUT2D eigenvalue weighted by molar-refractivity contribution is -0.128. The summed E-state index contributed by atoms with van der Waals surface area (Å²) in [6, 6.07) is 14.0. The predicted molar refractivity (Wildman–Crippen MR) is 106 cm³/mol. The number of amides is 2. The van der Waals surface area contributed by atoms with Crippen LogP contribution in [0.5, 0.6) is 5.75 Å². The summed E-state index contributed by atoms with van der Waals surface area (Å²) in [5.41, 5.74) is 1.71. The van der Waals surface area contributed by atoms with Crippen LogP contribution in [0.1, 0.15) is 19.4 Å². The van der Waals surface area contributed by atoms with Crippen LogP contribution in [0.3, 0.4) is 0 Å². The first-order chi connectivity index (χ1) is 12.4. The minimum Gasteiger partial charge on any atom is -0.484 e. The van der Waals surface area contributed by atoms with E-state index in [0.29, 0.717) is 11.4 Å². The Balaban J connectivity index is 1.95. The maximum absolute atomic E-state index is 12.6. The zero-order valence-electron chi connectivity index (χ0n) is 15.1. The number of carbonyl (C=O) groups excluding carboxylic acids is 2. The number of carbonyl (C=O) groups is 2. The Morgan fingerprint density at radius 1 is 1.12 bits per heavy atom. The second-order valence-corrected chi connectivity index (χ2v) is 7.20. The summed E-state index contributed by atoms with van der Waals surface area (Å²) in [6.45, 7) is 5.57. The van der Waals surface area contributed by atoms with Crippen molar-refractivity contribution in [3.05, 3.63) is 58.6 Å². The first-order valence-electron chi connectivity index (χ1n) is 8.41. The lowest BCUT2D eigenvalue weighted by atomic mass is 10.0. The fourth-order valence-electron chi connectivity index (χ4n) is 2.36. The number of rotatable bonds is 7. The lowest BCUT2D eigenvalue weighted by Crippen LogP contribution is -2.48. The van der Waals surface area contributed by atoms with Gasteiger partial charge in [-0.15, -0.1) is 0 Å². The van der Waals surface area contributed by atoms with E-state index in [2.05, 4.69) is 26.6 Å². The van der Waals surface area contributed by atoms with Gasteiger partial charge in [-0.3, -0.25) is 9.59 Å². The third kappa shape index (κ3) is 5.88. The molecule has 0 aliphatic heterocycles. The third-order valence-electron chi connectivity index (χ3n) is 3.80. The highest BCUT2D eigenvalue weighted by molar-refractivity contribution is 9.10. The van der Waals surface area contributed by atoms with Crippen LogP contribution in [0.2, 0.25) is 0 Å². The average Bonchev–Trinajstić information content (AvgIpc) is 2.61. The number of hydrogen-bond acceptors (Lipinski definition) is 3. The fourth-order valence-corrected chi connectivity index (χ4v) is 2.60. The molecule has 0 aromatic heterocycles. The van der Waals surface area contributed by atoms with Crippen LogP contribution in [0.25, 0.3) is 0 Å². The second-order valence-electron chi connectivity index (χ2n) is 6.34. The molecule has 2 amide bonds. The summed E-state index contributed by atoms with van der Waals surface area (Å²) in [6.07, 6.45) is 0. The number of anilines is 1. The number of para-hydroxylation sites is 1. The zero-order valence-corrected chi connectivity index (χ0v) is 16.7. The van der Waals surface area contributed by atoms with Crippen molar-refractivity contribution in [2.75, 3.05) is 11.9 Å². The van der Waals surface area contributed by atoms with Crippen LogP contribution in [-0.4, -0.2) is 24.5 Å². The van der Waals surface area contributed by atoms with Crippen molar-refractivity contribution in [3.63, 3.8) is 0 Å². The van der Waals surface area contributed by atoms with Gasteiger partial charge in [0.2, 0.25) is 5.91 Å². The maximum Gasteiger partial charge on any atom is 0.258 e. The molecule has 5 nitrogen and oxygen atoms in total. The highest BCUT2D eigenvalue weighted by Crippen LogP contribution is 2.20. The van der Waals surface area contributed by atoms with Gasteiger partial charge in [-0.2, -0.15) is 0 Å². The van der Waals surface area contributed by atoms with Crippen LogP contribution in [0, 0.1) is 12.8 Å². The summed E-state index contributed by atoms with van der Waals surface area (Å²) in [5, 5.41) is 5.60. The molecule has 2 N–H and O–H groups in total. The van der Waals surface area contributed by atoms with Crippen molar-refractivity contribution in [2.45, 2.75) is 26.8 Å². The van der Waals surface area contributed by atoms with Gasteiger partial charge in [-0.25, -0.2) is 0 Å². The molecule has 0 aliphatic rings. The molecule has 0 bridgehead atoms. The normalized spacial score (nSPS) is 11.7. The van der Waals surface area contributed by atoms with E-state index in [9.17, 15) is 9.59 Å². The first kappa shape index (κ1) is 20.0. The molecule has 2 aromatic rings. The van der Waals surface area contributed by atoms with Crippen LogP contribution >= 0.6 is 15.9 Å². The SMILES string of the molecule is Cc1cc(NC(=O)C(NC(=O)COc2ccccc2)C(C)C)ccc1Br. The van der Waals surface area contributed by atoms with Gasteiger partial charge in [0.15, 0.2) is 6.61 Å². The minimum atomic E-state index is -0.647. The van der Waals surface area contributed by atoms with Gasteiger partial charge in [0.25, 0.3) is 5.91 Å². The topological polar surface area (TPSA) is 67.4 Å². The van der Waals surface area contributed by atoms with Crippen molar-refractivity contribution in [1.82, 2.24) is 5.32 Å². The number of benzene rings is 2. The molecule has 138 valence electrons. The second kappa shape index (κ2) is 9.38. The number of aryl methyl sites for hydroxylation is 1. The molecule has 1 unspecified atom stereocenters. The van der Waals surface area contributed by atoms with Gasteiger partial charge in [-0.05, 0) is 48.7 Å². The van der Waals surface area contributed by atoms with Gasteiger partial charge in [-0.1, -0.05) is 48.0 Å². The number of ether oxygens (including phenoxy) is 1. The first-order valence-corrected chi connectivity index (χ1v) is 9.20. The highest BCUT2D eigenvalue weighted by Gasteiger charge is 2.24. The van der Waals surface area contributed by atoms with Crippen LogP contribution in [-0.2, 0) is 9.59 Å². The molecule has 0 aliphatic carbocycles. The molecule has 2 rings (SSSR count). The van der Waals surface area contributed by atoms with E-state index >= 15 is 0 Å². The average molecular weight is 419 g/mol. The van der Waals surface area contributed by atoms with Crippen molar-refractivity contribution >= 4 is 33.4 Å². The van der Waals surface area contributed by atoms with E-state index in [1.54, 1.807) is 12.1 Å². The van der Waals surface area contributed by atoms with Crippen molar-refractivity contribution in [1.29, 1.82) is 0 Å². The van der Waals surface area contributed by atoms with E-state index in [0.717, 1.165) is 10.0 Å². The zero-order chi connectivity index (χ0) is 19.1. The molecule has 0 radical (unpaired) electrons. The van der Waals surface area contributed by atoms with Gasteiger partial charge in [0, 0.05) is 10.2 Å². The quantitative estimate of drug-likeness (QED) is 0.715. The highest BCUT2D eigenvalue weighted by atomic mass is 79.9. The Hall–Kier alpha value is -2.34. The van der Waals surface area contributed by atoms with Gasteiger partial charge in [0.1, 0.15) is 11.8 Å². The van der Waals surface area contributed by atoms with Gasteiger partial charge >= 0.3 is 0 Å². The van der Waals surface area contributed by atoms with E-state index in [1.165, 1.54) is 0 Å². The van der Waals surface area contributed by atoms with Gasteiger partial charge < -0.3 is 15.4 Å². The molecule has 0 saturated carbocycles. The van der Waals surface area contributed by atoms with E-state index < -0.39 is 6.04 Å². The smallest absolute Gasteiger partial charge is 0.258 e. The van der Waals surface area contributed by atoms with Crippen LogP contribution < -0.4 is 15.4 Å². The summed E-state index contributed by atoms with van der Waals surface area (Å²) in [4.78, 5) is 24.7. The Morgan fingerprint density at radius 2 is 1.81 bits per heavy atom. The monoisotopic (exact) mass is 418 g/mol. The summed E-state index contributed by atoms with van der Waals surface area (Å²) in [5.74, 6) is -0.0461. The predicted octanol–water partition coefficient (Wildman–Crippen LogP) is 3.92. The number of nitrogens with one attached hydrogen (secondary N) is 2. The number of halogens is 1. The largest absolute Gasteiger partial charge is 0.484 e. The Kier molecular flexibility index (Phi) is 7.21. The van der Waals surface area contributed by atoms with Crippen LogP contribution in [0.4, 0.5) is 5.69 Å². The molecular weight excluding hydrogens is 396 g/mol. The maximum atomic E-state index is 12.6. The van der Waals surface area contributed by atoms with E-state index in [4.69, 9.17) is 4.74 Å². The van der Waals surface area contributed by atoms with Crippen molar-refractivity contribution in [2.24, 2.45) is 5.92 Å². The van der Waals surface area contributed by atoms with E-state index in [1.807, 2.05) is 57.2 Å².